The standard InChI is InChI=1S/C8H10N2/c1-3-7-8(9-5-1)4-2-6-10-7/h3,6H,1-2,4-5H2. The molecule has 0 aromatic heterocycles. The number of allylic oxidation sites excluding steroid dienone is 1. The molecule has 0 bridgehead atoms. The Labute approximate surface area is 60.4 Å². The maximum atomic E-state index is 4.39. The fraction of sp³-hybridized carbons (Fsp3) is 0.500. The molecule has 0 spiro atoms. The number of hydrogen-bond donors (Lipinski definition) is 0. The summed E-state index contributed by atoms with van der Waals surface area (Å²) in [5, 5.41) is 0. The molecule has 2 aliphatic heterocycles. The molecule has 0 aromatic rings. The van der Waals surface area contributed by atoms with E-state index in [1.807, 2.05) is 6.21 Å². The van der Waals surface area contributed by atoms with Crippen LogP contribution in [0.3, 0.4) is 0 Å². The van der Waals surface area contributed by atoms with Crippen molar-refractivity contribution in [3.05, 3.63) is 11.8 Å². The van der Waals surface area contributed by atoms with E-state index in [1.165, 1.54) is 5.71 Å². The molecule has 0 fully saturated rings. The number of dihydropyridines is 1. The lowest BCUT2D eigenvalue weighted by molar-refractivity contribution is 0.942. The largest absolute Gasteiger partial charge is 0.287 e. The van der Waals surface area contributed by atoms with E-state index in [0.29, 0.717) is 0 Å². The molecule has 0 atom stereocenters. The number of hydrogen-bond acceptors (Lipinski definition) is 2. The van der Waals surface area contributed by atoms with E-state index in [9.17, 15) is 0 Å². The summed E-state index contributed by atoms with van der Waals surface area (Å²) < 4.78 is 0. The number of aliphatic imine (C=N–C) groups is 2. The van der Waals surface area contributed by atoms with E-state index >= 15 is 0 Å². The van der Waals surface area contributed by atoms with Gasteiger partial charge in [-0.3, -0.25) is 9.98 Å². The molecular weight excluding hydrogens is 124 g/mol. The van der Waals surface area contributed by atoms with Crippen LogP contribution in [0.4, 0.5) is 0 Å². The number of rotatable bonds is 0. The van der Waals surface area contributed by atoms with Gasteiger partial charge in [-0.25, -0.2) is 0 Å². The highest BCUT2D eigenvalue weighted by molar-refractivity contribution is 6.04. The van der Waals surface area contributed by atoms with Crippen molar-refractivity contribution >= 4 is 11.9 Å². The zero-order chi connectivity index (χ0) is 6.81. The minimum atomic E-state index is 0.967. The van der Waals surface area contributed by atoms with Gasteiger partial charge < -0.3 is 0 Å². The average Bonchev–Trinajstić information content (AvgIpc) is 2.05. The van der Waals surface area contributed by atoms with Gasteiger partial charge in [0.15, 0.2) is 0 Å². The van der Waals surface area contributed by atoms with Crippen LogP contribution in [0.15, 0.2) is 21.8 Å². The first-order valence-electron chi connectivity index (χ1n) is 3.73. The molecule has 2 rings (SSSR count). The molecule has 2 nitrogen and oxygen atoms in total. The first-order valence-corrected chi connectivity index (χ1v) is 3.73. The third kappa shape index (κ3) is 0.897. The summed E-state index contributed by atoms with van der Waals surface area (Å²) in [5.41, 5.74) is 2.34. The van der Waals surface area contributed by atoms with Crippen LogP contribution in [-0.4, -0.2) is 18.5 Å². The second-order valence-electron chi connectivity index (χ2n) is 2.56. The molecule has 0 unspecified atom stereocenters. The van der Waals surface area contributed by atoms with Crippen LogP contribution in [0.5, 0.6) is 0 Å². The van der Waals surface area contributed by atoms with Crippen molar-refractivity contribution in [3.63, 3.8) is 0 Å². The fourth-order valence-electron chi connectivity index (χ4n) is 1.30. The molecule has 10 heavy (non-hydrogen) atoms. The Morgan fingerprint density at radius 2 is 2.30 bits per heavy atom. The first-order chi connectivity index (χ1) is 4.97. The van der Waals surface area contributed by atoms with Crippen molar-refractivity contribution in [3.8, 4) is 0 Å². The van der Waals surface area contributed by atoms with E-state index in [4.69, 9.17) is 0 Å². The Morgan fingerprint density at radius 1 is 1.30 bits per heavy atom. The van der Waals surface area contributed by atoms with Gasteiger partial charge in [-0.1, -0.05) is 6.08 Å². The van der Waals surface area contributed by atoms with Crippen molar-refractivity contribution in [1.82, 2.24) is 0 Å². The van der Waals surface area contributed by atoms with Gasteiger partial charge in [0.2, 0.25) is 0 Å². The summed E-state index contributed by atoms with van der Waals surface area (Å²) >= 11 is 0. The van der Waals surface area contributed by atoms with Crippen molar-refractivity contribution in [1.29, 1.82) is 0 Å². The van der Waals surface area contributed by atoms with Gasteiger partial charge >= 0.3 is 0 Å². The van der Waals surface area contributed by atoms with Crippen LogP contribution in [0.2, 0.25) is 0 Å². The predicted octanol–water partition coefficient (Wildman–Crippen LogP) is 1.58. The molecule has 2 aliphatic rings. The molecule has 0 saturated carbocycles. The Balaban J connectivity index is 2.33. The molecular formula is C8H10N2. The molecule has 0 aliphatic carbocycles. The molecule has 52 valence electrons. The van der Waals surface area contributed by atoms with Gasteiger partial charge in [0.25, 0.3) is 0 Å². The minimum Gasteiger partial charge on any atom is -0.287 e. The molecule has 0 saturated heterocycles. The van der Waals surface area contributed by atoms with E-state index in [-0.39, 0.29) is 0 Å². The van der Waals surface area contributed by atoms with E-state index in [1.54, 1.807) is 0 Å². The molecule has 2 heteroatoms. The highest BCUT2D eigenvalue weighted by Gasteiger charge is 2.11. The summed E-state index contributed by atoms with van der Waals surface area (Å²) in [6.45, 7) is 0.967. The van der Waals surface area contributed by atoms with Gasteiger partial charge in [0.05, 0.1) is 11.4 Å². The maximum Gasteiger partial charge on any atom is 0.0796 e. The molecule has 0 N–H and O–H groups in total. The van der Waals surface area contributed by atoms with Crippen molar-refractivity contribution in [2.24, 2.45) is 9.98 Å². The van der Waals surface area contributed by atoms with Gasteiger partial charge in [0, 0.05) is 12.8 Å². The van der Waals surface area contributed by atoms with Crippen molar-refractivity contribution in [2.75, 3.05) is 6.54 Å². The Bertz CT molecular complexity index is 223. The third-order valence-corrected chi connectivity index (χ3v) is 1.81. The monoisotopic (exact) mass is 134 g/mol. The maximum absolute atomic E-state index is 4.39. The summed E-state index contributed by atoms with van der Waals surface area (Å²) in [5.74, 6) is 0. The SMILES string of the molecule is C1=NC2=CCCN=C2CC1. The first kappa shape index (κ1) is 5.83. The molecule has 0 amide bonds. The number of nitrogens with zero attached hydrogens (tertiary/aromatic N) is 2. The highest BCUT2D eigenvalue weighted by atomic mass is 14.8. The summed E-state index contributed by atoms with van der Waals surface area (Å²) in [6, 6.07) is 0. The topological polar surface area (TPSA) is 24.7 Å². The zero-order valence-corrected chi connectivity index (χ0v) is 5.88. The summed E-state index contributed by atoms with van der Waals surface area (Å²) in [6.07, 6.45) is 7.38. The lowest BCUT2D eigenvalue weighted by Gasteiger charge is -2.13. The second-order valence-corrected chi connectivity index (χ2v) is 2.56. The van der Waals surface area contributed by atoms with Crippen LogP contribution >= 0.6 is 0 Å². The lowest BCUT2D eigenvalue weighted by atomic mass is 10.1. The number of fused-ring (bicyclic) bond motifs is 1. The minimum absolute atomic E-state index is 0.967. The zero-order valence-electron chi connectivity index (χ0n) is 5.88. The second kappa shape index (κ2) is 2.37. The quantitative estimate of drug-likeness (QED) is 0.480. The molecule has 0 aromatic carbocycles. The lowest BCUT2D eigenvalue weighted by Crippen LogP contribution is -2.11. The molecule has 2 heterocycles. The van der Waals surface area contributed by atoms with Crippen molar-refractivity contribution in [2.45, 2.75) is 19.3 Å². The Morgan fingerprint density at radius 3 is 3.20 bits per heavy atom. The normalized spacial score (nSPS) is 23.2. The van der Waals surface area contributed by atoms with E-state index < -0.39 is 0 Å². The predicted molar refractivity (Wildman–Crippen MR) is 42.7 cm³/mol. The third-order valence-electron chi connectivity index (χ3n) is 1.81. The Hall–Kier alpha value is -0.920. The average molecular weight is 134 g/mol. The Kier molecular flexibility index (Phi) is 1.38. The van der Waals surface area contributed by atoms with Crippen LogP contribution in [0.25, 0.3) is 0 Å². The smallest absolute Gasteiger partial charge is 0.0796 e. The van der Waals surface area contributed by atoms with Crippen LogP contribution in [0.1, 0.15) is 19.3 Å². The van der Waals surface area contributed by atoms with Crippen LogP contribution in [-0.2, 0) is 0 Å². The van der Waals surface area contributed by atoms with Crippen LogP contribution in [0, 0.1) is 0 Å². The van der Waals surface area contributed by atoms with Gasteiger partial charge in [0.1, 0.15) is 0 Å². The van der Waals surface area contributed by atoms with Gasteiger partial charge in [-0.15, -0.1) is 0 Å². The van der Waals surface area contributed by atoms with Crippen LogP contribution < -0.4 is 0 Å². The fourth-order valence-corrected chi connectivity index (χ4v) is 1.30. The summed E-state index contributed by atoms with van der Waals surface area (Å²) in [7, 11) is 0. The van der Waals surface area contributed by atoms with Crippen molar-refractivity contribution < 1.29 is 0 Å². The molecule has 0 radical (unpaired) electrons. The van der Waals surface area contributed by atoms with E-state index in [0.717, 1.165) is 31.5 Å². The van der Waals surface area contributed by atoms with Gasteiger partial charge in [-0.2, -0.15) is 0 Å². The van der Waals surface area contributed by atoms with E-state index in [2.05, 4.69) is 16.1 Å². The van der Waals surface area contributed by atoms with Gasteiger partial charge in [-0.05, 0) is 19.3 Å². The highest BCUT2D eigenvalue weighted by Crippen LogP contribution is 2.15. The summed E-state index contributed by atoms with van der Waals surface area (Å²) in [4.78, 5) is 8.64.